The van der Waals surface area contributed by atoms with Gasteiger partial charge in [0.15, 0.2) is 0 Å². The van der Waals surface area contributed by atoms with Crippen LogP contribution in [0.2, 0.25) is 5.02 Å². The maximum absolute atomic E-state index is 12.0. The highest BCUT2D eigenvalue weighted by Gasteiger charge is 2.16. The molecular weight excluding hydrogens is 346 g/mol. The minimum absolute atomic E-state index is 0.0830. The third-order valence-electron chi connectivity index (χ3n) is 2.97. The highest BCUT2D eigenvalue weighted by Crippen LogP contribution is 2.24. The zero-order valence-electron chi connectivity index (χ0n) is 11.0. The number of thiophene rings is 1. The number of fused-ring (bicyclic) bond motifs is 1. The predicted molar refractivity (Wildman–Crippen MR) is 85.9 cm³/mol. The zero-order chi connectivity index (χ0) is 15.9. The van der Waals surface area contributed by atoms with E-state index in [2.05, 4.69) is 9.97 Å². The van der Waals surface area contributed by atoms with Crippen molar-refractivity contribution in [3.05, 3.63) is 57.1 Å². The largest absolute Gasteiger partial charge is 0.310 e. The number of rotatable bonds is 3. The molecule has 0 aliphatic carbocycles. The number of benzene rings is 1. The van der Waals surface area contributed by atoms with Crippen molar-refractivity contribution in [3.63, 3.8) is 0 Å². The van der Waals surface area contributed by atoms with Crippen LogP contribution in [-0.2, 0) is 16.4 Å². The second-order valence-corrected chi connectivity index (χ2v) is 7.90. The van der Waals surface area contributed by atoms with Gasteiger partial charge in [-0.15, -0.1) is 11.3 Å². The molecule has 0 unspecified atom stereocenters. The summed E-state index contributed by atoms with van der Waals surface area (Å²) in [7, 11) is -3.85. The Morgan fingerprint density at radius 3 is 2.77 bits per heavy atom. The average molecular weight is 356 g/mol. The SMILES string of the molecule is NS(=O)(=O)c1cc2c(=O)[nH]c(Cc3cccc(Cl)c3)nc2s1. The molecule has 3 rings (SSSR count). The van der Waals surface area contributed by atoms with E-state index in [1.807, 2.05) is 6.07 Å². The number of nitrogens with two attached hydrogens (primary N) is 1. The van der Waals surface area contributed by atoms with Gasteiger partial charge in [0.2, 0.25) is 10.0 Å². The van der Waals surface area contributed by atoms with E-state index in [-0.39, 0.29) is 9.60 Å². The molecule has 3 N–H and O–H groups in total. The number of primary sulfonamides is 1. The number of nitrogens with one attached hydrogen (secondary N) is 1. The van der Waals surface area contributed by atoms with Crippen molar-refractivity contribution in [2.45, 2.75) is 10.6 Å². The van der Waals surface area contributed by atoms with Crippen molar-refractivity contribution < 1.29 is 8.42 Å². The molecule has 0 atom stereocenters. The molecule has 0 saturated heterocycles. The smallest absolute Gasteiger partial charge is 0.259 e. The van der Waals surface area contributed by atoms with E-state index in [1.54, 1.807) is 18.2 Å². The normalized spacial score (nSPS) is 11.9. The van der Waals surface area contributed by atoms with Crippen LogP contribution in [0.1, 0.15) is 11.4 Å². The van der Waals surface area contributed by atoms with Gasteiger partial charge >= 0.3 is 0 Å². The van der Waals surface area contributed by atoms with Crippen molar-refractivity contribution in [1.29, 1.82) is 0 Å². The summed E-state index contributed by atoms with van der Waals surface area (Å²) in [4.78, 5) is 19.3. The Balaban J connectivity index is 2.07. The lowest BCUT2D eigenvalue weighted by Crippen LogP contribution is -2.11. The van der Waals surface area contributed by atoms with E-state index in [0.29, 0.717) is 22.1 Å². The molecule has 0 bridgehead atoms. The van der Waals surface area contributed by atoms with E-state index < -0.39 is 15.6 Å². The van der Waals surface area contributed by atoms with Crippen LogP contribution in [0, 0.1) is 0 Å². The molecule has 2 heterocycles. The maximum Gasteiger partial charge on any atom is 0.259 e. The van der Waals surface area contributed by atoms with Gasteiger partial charge in [-0.3, -0.25) is 4.79 Å². The molecule has 6 nitrogen and oxygen atoms in total. The number of hydrogen-bond donors (Lipinski definition) is 2. The molecule has 0 aliphatic rings. The minimum atomic E-state index is -3.85. The Morgan fingerprint density at radius 1 is 1.32 bits per heavy atom. The summed E-state index contributed by atoms with van der Waals surface area (Å²) in [6.07, 6.45) is 0.383. The molecule has 0 saturated carbocycles. The number of halogens is 1. The minimum Gasteiger partial charge on any atom is -0.310 e. The third kappa shape index (κ3) is 3.05. The monoisotopic (exact) mass is 355 g/mol. The summed E-state index contributed by atoms with van der Waals surface area (Å²) in [5, 5.41) is 5.88. The summed E-state index contributed by atoms with van der Waals surface area (Å²) in [5.41, 5.74) is 0.492. The summed E-state index contributed by atoms with van der Waals surface area (Å²) in [6.45, 7) is 0. The van der Waals surface area contributed by atoms with Crippen LogP contribution in [0.5, 0.6) is 0 Å². The third-order valence-corrected chi connectivity index (χ3v) is 5.65. The maximum atomic E-state index is 12.0. The first kappa shape index (κ1) is 15.2. The first-order valence-electron chi connectivity index (χ1n) is 6.13. The van der Waals surface area contributed by atoms with E-state index in [1.165, 1.54) is 6.07 Å². The van der Waals surface area contributed by atoms with Gasteiger partial charge in [-0.1, -0.05) is 23.7 Å². The fourth-order valence-electron chi connectivity index (χ4n) is 2.02. The van der Waals surface area contributed by atoms with E-state index >= 15 is 0 Å². The fourth-order valence-corrected chi connectivity index (χ4v) is 4.00. The number of aromatic nitrogens is 2. The van der Waals surface area contributed by atoms with Gasteiger partial charge in [0.05, 0.1) is 5.39 Å². The summed E-state index contributed by atoms with van der Waals surface area (Å²) in [6, 6.07) is 8.43. The summed E-state index contributed by atoms with van der Waals surface area (Å²) < 4.78 is 22.6. The molecule has 3 aromatic rings. The average Bonchev–Trinajstić information content (AvgIpc) is 2.83. The van der Waals surface area contributed by atoms with Crippen molar-refractivity contribution >= 4 is 43.2 Å². The van der Waals surface area contributed by atoms with Crippen LogP contribution < -0.4 is 10.7 Å². The summed E-state index contributed by atoms with van der Waals surface area (Å²) >= 11 is 6.80. The number of sulfonamides is 1. The van der Waals surface area contributed by atoms with E-state index in [9.17, 15) is 13.2 Å². The van der Waals surface area contributed by atoms with Gasteiger partial charge < -0.3 is 4.98 Å². The number of aromatic amines is 1. The van der Waals surface area contributed by atoms with Gasteiger partial charge in [0.25, 0.3) is 5.56 Å². The van der Waals surface area contributed by atoms with Gasteiger partial charge in [0.1, 0.15) is 14.9 Å². The summed E-state index contributed by atoms with van der Waals surface area (Å²) in [5.74, 6) is 0.433. The predicted octanol–water partition coefficient (Wildman–Crippen LogP) is 1.88. The molecule has 22 heavy (non-hydrogen) atoms. The van der Waals surface area contributed by atoms with E-state index in [0.717, 1.165) is 16.9 Å². The second-order valence-electron chi connectivity index (χ2n) is 4.65. The quantitative estimate of drug-likeness (QED) is 0.748. The molecule has 0 radical (unpaired) electrons. The Morgan fingerprint density at radius 2 is 2.09 bits per heavy atom. The number of nitrogens with zero attached hydrogens (tertiary/aromatic N) is 1. The van der Waals surface area contributed by atoms with Crippen molar-refractivity contribution in [2.24, 2.45) is 5.14 Å². The van der Waals surface area contributed by atoms with Crippen LogP contribution in [-0.4, -0.2) is 18.4 Å². The first-order chi connectivity index (χ1) is 10.3. The van der Waals surface area contributed by atoms with Gasteiger partial charge in [-0.25, -0.2) is 18.5 Å². The molecule has 0 aliphatic heterocycles. The van der Waals surface area contributed by atoms with Gasteiger partial charge in [0, 0.05) is 11.4 Å². The van der Waals surface area contributed by atoms with Crippen molar-refractivity contribution in [2.75, 3.05) is 0 Å². The molecule has 2 aromatic heterocycles. The van der Waals surface area contributed by atoms with Gasteiger partial charge in [-0.2, -0.15) is 0 Å². The Kier molecular flexibility index (Phi) is 3.77. The van der Waals surface area contributed by atoms with E-state index in [4.69, 9.17) is 16.7 Å². The van der Waals surface area contributed by atoms with Gasteiger partial charge in [-0.05, 0) is 23.8 Å². The van der Waals surface area contributed by atoms with Crippen molar-refractivity contribution in [1.82, 2.24) is 9.97 Å². The van der Waals surface area contributed by atoms with Crippen LogP contribution in [0.15, 0.2) is 39.3 Å². The highest BCUT2D eigenvalue weighted by molar-refractivity contribution is 7.91. The van der Waals surface area contributed by atoms with Crippen LogP contribution in [0.4, 0.5) is 0 Å². The van der Waals surface area contributed by atoms with Crippen molar-refractivity contribution in [3.8, 4) is 0 Å². The lowest BCUT2D eigenvalue weighted by Gasteiger charge is -2.01. The highest BCUT2D eigenvalue weighted by atomic mass is 35.5. The Bertz CT molecular complexity index is 1020. The Labute approximate surface area is 134 Å². The van der Waals surface area contributed by atoms with Crippen LogP contribution in [0.3, 0.4) is 0 Å². The molecule has 114 valence electrons. The number of hydrogen-bond acceptors (Lipinski definition) is 5. The standard InChI is InChI=1S/C13H10ClN3O3S2/c14-8-3-1-2-7(4-8)5-10-16-12(18)9-6-11(22(15,19)20)21-13(9)17-10/h1-4,6H,5H2,(H2,15,19,20)(H,16,17,18). The lowest BCUT2D eigenvalue weighted by molar-refractivity contribution is 0.600. The molecule has 9 heteroatoms. The lowest BCUT2D eigenvalue weighted by atomic mass is 10.1. The topological polar surface area (TPSA) is 106 Å². The fraction of sp³-hybridized carbons (Fsp3) is 0.0769. The molecular formula is C13H10ClN3O3S2. The Hall–Kier alpha value is -1.74. The number of H-pyrrole nitrogens is 1. The van der Waals surface area contributed by atoms with Crippen LogP contribution in [0.25, 0.3) is 10.2 Å². The molecule has 0 fully saturated rings. The molecule has 0 spiro atoms. The molecule has 1 aromatic carbocycles. The first-order valence-corrected chi connectivity index (χ1v) is 8.87. The molecule has 0 amide bonds. The zero-order valence-corrected chi connectivity index (χ0v) is 13.4. The van der Waals surface area contributed by atoms with Crippen LogP contribution >= 0.6 is 22.9 Å². The second kappa shape index (κ2) is 5.47.